The summed E-state index contributed by atoms with van der Waals surface area (Å²) in [4.78, 5) is 25.2. The van der Waals surface area contributed by atoms with Gasteiger partial charge in [-0.15, -0.1) is 0 Å². The summed E-state index contributed by atoms with van der Waals surface area (Å²) in [7, 11) is 1.74. The Kier molecular flexibility index (Phi) is 9.13. The van der Waals surface area contributed by atoms with Crippen molar-refractivity contribution in [2.75, 3.05) is 13.6 Å². The standard InChI is InChI=1S/C14H15F3N2O.C9H10ClNO/c1-10-5-4-8-19(10)13(20)18-9-11-6-2-3-7-12(11)14(15,16)17;1-11(7-12)6-8-2-4-9(10)5-3-8/h2-3,6-7H,1,4-5,8-9H2,(H,18,20);2-5,7H,6H2,1H3. The van der Waals surface area contributed by atoms with Crippen LogP contribution in [0.4, 0.5) is 18.0 Å². The average Bonchev–Trinajstić information content (AvgIpc) is 3.19. The lowest BCUT2D eigenvalue weighted by Gasteiger charge is -2.19. The highest BCUT2D eigenvalue weighted by Gasteiger charge is 2.33. The highest BCUT2D eigenvalue weighted by molar-refractivity contribution is 6.30. The third kappa shape index (κ3) is 7.60. The molecule has 3 amide bonds. The molecule has 32 heavy (non-hydrogen) atoms. The van der Waals surface area contributed by atoms with Gasteiger partial charge in [0, 0.05) is 37.4 Å². The van der Waals surface area contributed by atoms with E-state index in [1.165, 1.54) is 23.1 Å². The zero-order chi connectivity index (χ0) is 23.7. The Labute approximate surface area is 190 Å². The lowest BCUT2D eigenvalue weighted by atomic mass is 10.1. The van der Waals surface area contributed by atoms with E-state index >= 15 is 0 Å². The first-order valence-electron chi connectivity index (χ1n) is 9.90. The van der Waals surface area contributed by atoms with Crippen molar-refractivity contribution in [3.05, 3.63) is 82.5 Å². The molecule has 5 nitrogen and oxygen atoms in total. The maximum atomic E-state index is 12.8. The Balaban J connectivity index is 0.000000258. The van der Waals surface area contributed by atoms with Crippen LogP contribution in [0.25, 0.3) is 0 Å². The largest absolute Gasteiger partial charge is 0.416 e. The first-order chi connectivity index (χ1) is 15.1. The second-order valence-electron chi connectivity index (χ2n) is 7.28. The lowest BCUT2D eigenvalue weighted by molar-refractivity contribution is -0.138. The first kappa shape index (κ1) is 25.3. The summed E-state index contributed by atoms with van der Waals surface area (Å²) in [5.74, 6) is 0. The van der Waals surface area contributed by atoms with Crippen LogP contribution in [0, 0.1) is 0 Å². The second-order valence-corrected chi connectivity index (χ2v) is 7.72. The molecule has 0 radical (unpaired) electrons. The molecule has 0 spiro atoms. The molecule has 1 fully saturated rings. The van der Waals surface area contributed by atoms with E-state index in [0.717, 1.165) is 30.9 Å². The minimum absolute atomic E-state index is 0.0539. The number of hydrogen-bond acceptors (Lipinski definition) is 2. The molecule has 0 atom stereocenters. The van der Waals surface area contributed by atoms with Gasteiger partial charge in [-0.3, -0.25) is 9.69 Å². The fraction of sp³-hybridized carbons (Fsp3) is 0.304. The van der Waals surface area contributed by atoms with Gasteiger partial charge in [-0.05, 0) is 42.2 Å². The number of alkyl halides is 3. The van der Waals surface area contributed by atoms with Crippen molar-refractivity contribution in [3.63, 3.8) is 0 Å². The van der Waals surface area contributed by atoms with Crippen LogP contribution >= 0.6 is 11.6 Å². The first-order valence-corrected chi connectivity index (χ1v) is 10.3. The molecule has 3 rings (SSSR count). The number of carbonyl (C=O) groups is 2. The fourth-order valence-electron chi connectivity index (χ4n) is 3.11. The normalized spacial score (nSPS) is 13.3. The smallest absolute Gasteiger partial charge is 0.344 e. The van der Waals surface area contributed by atoms with Gasteiger partial charge in [0.25, 0.3) is 0 Å². The van der Waals surface area contributed by atoms with Crippen molar-refractivity contribution in [2.45, 2.75) is 32.1 Å². The molecule has 0 aliphatic carbocycles. The van der Waals surface area contributed by atoms with E-state index in [0.29, 0.717) is 23.8 Å². The lowest BCUT2D eigenvalue weighted by Crippen LogP contribution is -2.36. The van der Waals surface area contributed by atoms with Crippen LogP contribution in [0.3, 0.4) is 0 Å². The van der Waals surface area contributed by atoms with E-state index in [1.54, 1.807) is 11.9 Å². The van der Waals surface area contributed by atoms with Gasteiger partial charge in [0.1, 0.15) is 0 Å². The molecule has 1 aliphatic heterocycles. The van der Waals surface area contributed by atoms with Gasteiger partial charge in [-0.2, -0.15) is 13.2 Å². The number of urea groups is 1. The maximum Gasteiger partial charge on any atom is 0.416 e. The third-order valence-corrected chi connectivity index (χ3v) is 5.00. The number of nitrogens with one attached hydrogen (secondary N) is 1. The number of likely N-dealkylation sites (tertiary alicyclic amines) is 1. The SMILES string of the molecule is C=C1CCCN1C(=O)NCc1ccccc1C(F)(F)F.CN(C=O)Cc1ccc(Cl)cc1. The van der Waals surface area contributed by atoms with Gasteiger partial charge in [-0.25, -0.2) is 4.79 Å². The average molecular weight is 468 g/mol. The molecule has 0 saturated carbocycles. The van der Waals surface area contributed by atoms with Crippen LogP contribution in [0.2, 0.25) is 5.02 Å². The Morgan fingerprint density at radius 1 is 1.22 bits per heavy atom. The van der Waals surface area contributed by atoms with E-state index in [9.17, 15) is 22.8 Å². The molecule has 0 aromatic heterocycles. The molecular weight excluding hydrogens is 443 g/mol. The number of carbonyl (C=O) groups excluding carboxylic acids is 2. The number of halogens is 4. The van der Waals surface area contributed by atoms with Crippen LogP contribution in [0.1, 0.15) is 29.5 Å². The zero-order valence-corrected chi connectivity index (χ0v) is 18.4. The highest BCUT2D eigenvalue weighted by atomic mass is 35.5. The van der Waals surface area contributed by atoms with Crippen LogP contribution in [-0.4, -0.2) is 35.8 Å². The summed E-state index contributed by atoms with van der Waals surface area (Å²) in [6.45, 7) is 4.79. The summed E-state index contributed by atoms with van der Waals surface area (Å²) in [6, 6.07) is 12.3. The summed E-state index contributed by atoms with van der Waals surface area (Å²) < 4.78 is 38.4. The van der Waals surface area contributed by atoms with Crippen molar-refractivity contribution in [1.82, 2.24) is 15.1 Å². The van der Waals surface area contributed by atoms with Crippen molar-refractivity contribution in [2.24, 2.45) is 0 Å². The molecule has 0 bridgehead atoms. The van der Waals surface area contributed by atoms with Crippen molar-refractivity contribution in [3.8, 4) is 0 Å². The topological polar surface area (TPSA) is 52.7 Å². The molecule has 2 aromatic rings. The molecule has 1 N–H and O–H groups in total. The number of hydrogen-bond donors (Lipinski definition) is 1. The van der Waals surface area contributed by atoms with Crippen molar-refractivity contribution in [1.29, 1.82) is 0 Å². The molecule has 2 aromatic carbocycles. The second kappa shape index (κ2) is 11.6. The van der Waals surface area contributed by atoms with Gasteiger partial charge in [-0.1, -0.05) is 48.5 Å². The Bertz CT molecular complexity index is 933. The molecule has 172 valence electrons. The van der Waals surface area contributed by atoms with Gasteiger partial charge in [0.2, 0.25) is 6.41 Å². The van der Waals surface area contributed by atoms with Crippen LogP contribution in [0.15, 0.2) is 60.8 Å². The van der Waals surface area contributed by atoms with Crippen LogP contribution in [-0.2, 0) is 24.1 Å². The summed E-state index contributed by atoms with van der Waals surface area (Å²) >= 11 is 5.70. The predicted molar refractivity (Wildman–Crippen MR) is 118 cm³/mol. The molecular formula is C23H25ClF3N3O2. The summed E-state index contributed by atoms with van der Waals surface area (Å²) in [5.41, 5.74) is 1.11. The van der Waals surface area contributed by atoms with Gasteiger partial charge in [0.05, 0.1) is 5.56 Å². The van der Waals surface area contributed by atoms with Gasteiger partial charge < -0.3 is 10.2 Å². The minimum Gasteiger partial charge on any atom is -0.344 e. The number of allylic oxidation sites excluding steroid dienone is 1. The Morgan fingerprint density at radius 3 is 2.44 bits per heavy atom. The molecule has 9 heteroatoms. The Morgan fingerprint density at radius 2 is 1.88 bits per heavy atom. The number of benzene rings is 2. The number of nitrogens with zero attached hydrogens (tertiary/aromatic N) is 2. The van der Waals surface area contributed by atoms with E-state index in [4.69, 9.17) is 11.6 Å². The van der Waals surface area contributed by atoms with Crippen molar-refractivity contribution >= 4 is 24.0 Å². The fourth-order valence-corrected chi connectivity index (χ4v) is 3.24. The Hall–Kier alpha value is -3.00. The van der Waals surface area contributed by atoms with Crippen molar-refractivity contribution < 1.29 is 22.8 Å². The van der Waals surface area contributed by atoms with Gasteiger partial charge in [0.15, 0.2) is 0 Å². The third-order valence-electron chi connectivity index (χ3n) is 4.75. The van der Waals surface area contributed by atoms with Crippen LogP contribution in [0.5, 0.6) is 0 Å². The molecule has 1 saturated heterocycles. The number of rotatable bonds is 5. The molecule has 1 heterocycles. The van der Waals surface area contributed by atoms with E-state index in [2.05, 4.69) is 11.9 Å². The van der Waals surface area contributed by atoms with E-state index in [1.807, 2.05) is 24.3 Å². The molecule has 0 unspecified atom stereocenters. The summed E-state index contributed by atoms with van der Waals surface area (Å²) in [6.07, 6.45) is -2.04. The zero-order valence-electron chi connectivity index (χ0n) is 17.7. The number of amides is 3. The van der Waals surface area contributed by atoms with Crippen LogP contribution < -0.4 is 5.32 Å². The minimum atomic E-state index is -4.42. The predicted octanol–water partition coefficient (Wildman–Crippen LogP) is 5.45. The highest BCUT2D eigenvalue weighted by Crippen LogP contribution is 2.31. The maximum absolute atomic E-state index is 12.8. The van der Waals surface area contributed by atoms with Gasteiger partial charge >= 0.3 is 12.2 Å². The quantitative estimate of drug-likeness (QED) is 0.594. The summed E-state index contributed by atoms with van der Waals surface area (Å²) in [5, 5.41) is 3.23. The van der Waals surface area contributed by atoms with E-state index < -0.39 is 17.8 Å². The monoisotopic (exact) mass is 467 g/mol. The van der Waals surface area contributed by atoms with E-state index in [-0.39, 0.29) is 12.1 Å². The molecule has 1 aliphatic rings.